The van der Waals surface area contributed by atoms with Crippen molar-refractivity contribution < 1.29 is 4.92 Å². The third-order valence-corrected chi connectivity index (χ3v) is 1.60. The lowest BCUT2D eigenvalue weighted by molar-refractivity contribution is -0.385. The van der Waals surface area contributed by atoms with Gasteiger partial charge < -0.3 is 4.98 Å². The summed E-state index contributed by atoms with van der Waals surface area (Å²) in [5, 5.41) is 11.1. The van der Waals surface area contributed by atoms with Crippen molar-refractivity contribution in [2.45, 2.75) is 13.8 Å². The van der Waals surface area contributed by atoms with Crippen molar-refractivity contribution in [3.05, 3.63) is 34.6 Å². The van der Waals surface area contributed by atoms with Gasteiger partial charge in [-0.25, -0.2) is 4.98 Å². The molecule has 1 N–H and O–H groups in total. The van der Waals surface area contributed by atoms with Gasteiger partial charge in [0.25, 0.3) is 5.69 Å². The maximum Gasteiger partial charge on any atom is 0.288 e. The molecule has 0 atom stereocenters. The van der Waals surface area contributed by atoms with E-state index in [2.05, 4.69) is 9.97 Å². The molecule has 0 bridgehead atoms. The Morgan fingerprint density at radius 2 is 2.21 bits per heavy atom. The number of rotatable bonds is 1. The van der Waals surface area contributed by atoms with E-state index >= 15 is 0 Å². The summed E-state index contributed by atoms with van der Waals surface area (Å²) in [6.45, 7) is 4.00. The molecule has 2 aromatic heterocycles. The monoisotopic (exact) mass is 193 g/mol. The molecule has 14 heavy (non-hydrogen) atoms. The van der Waals surface area contributed by atoms with E-state index in [1.54, 1.807) is 12.3 Å². The van der Waals surface area contributed by atoms with Gasteiger partial charge in [0.1, 0.15) is 11.8 Å². The van der Waals surface area contributed by atoms with Crippen LogP contribution in [-0.2, 0) is 0 Å². The van der Waals surface area contributed by atoms with Crippen molar-refractivity contribution in [2.75, 3.05) is 0 Å². The molecule has 0 aliphatic rings. The minimum atomic E-state index is -0.459. The average Bonchev–Trinajstić information content (AvgIpc) is 2.67. The fraction of sp³-hybridized carbons (Fsp3) is 0.222. The number of pyridine rings is 1. The number of aromatic amines is 1. The zero-order valence-corrected chi connectivity index (χ0v) is 8.02. The van der Waals surface area contributed by atoms with Gasteiger partial charge in [0.15, 0.2) is 0 Å². The number of nitrogens with one attached hydrogen (secondary N) is 1. The van der Waals surface area contributed by atoms with Crippen LogP contribution in [-0.4, -0.2) is 14.9 Å². The fourth-order valence-electron chi connectivity index (χ4n) is 1.03. The van der Waals surface area contributed by atoms with Gasteiger partial charge in [-0.3, -0.25) is 10.1 Å². The zero-order chi connectivity index (χ0) is 10.6. The molecular formula is C9H11N3O2. The first-order chi connectivity index (χ1) is 6.77. The minimum Gasteiger partial charge on any atom is -0.346 e. The highest BCUT2D eigenvalue weighted by Crippen LogP contribution is 2.16. The van der Waals surface area contributed by atoms with Gasteiger partial charge in [0.2, 0.25) is 0 Å². The molecule has 0 radical (unpaired) electrons. The van der Waals surface area contributed by atoms with E-state index in [4.69, 9.17) is 0 Å². The molecule has 2 heterocycles. The second kappa shape index (κ2) is 4.36. The number of aromatic nitrogens is 2. The average molecular weight is 193 g/mol. The van der Waals surface area contributed by atoms with Gasteiger partial charge >= 0.3 is 0 Å². The first-order valence-corrected chi connectivity index (χ1v) is 4.35. The lowest BCUT2D eigenvalue weighted by Crippen LogP contribution is -1.88. The predicted octanol–water partition coefficient (Wildman–Crippen LogP) is 2.50. The molecule has 0 aliphatic heterocycles. The summed E-state index contributed by atoms with van der Waals surface area (Å²) in [7, 11) is 0. The predicted molar refractivity (Wildman–Crippen MR) is 54.1 cm³/mol. The first-order valence-electron chi connectivity index (χ1n) is 4.35. The summed E-state index contributed by atoms with van der Waals surface area (Å²) in [5.74, 6) is 0. The van der Waals surface area contributed by atoms with Gasteiger partial charge in [0.05, 0.1) is 4.92 Å². The van der Waals surface area contributed by atoms with E-state index < -0.39 is 4.92 Å². The standard InChI is InChI=1S/C7H5N3O2.C2H6/c11-10(12)6-3-5-1-2-8-7(5)9-4-6;1-2/h1-4H,(H,8,9);1-2H3. The maximum absolute atomic E-state index is 10.3. The lowest BCUT2D eigenvalue weighted by atomic mass is 10.3. The van der Waals surface area contributed by atoms with Crippen molar-refractivity contribution in [1.29, 1.82) is 0 Å². The molecule has 2 rings (SSSR count). The summed E-state index contributed by atoms with van der Waals surface area (Å²) < 4.78 is 0. The highest BCUT2D eigenvalue weighted by atomic mass is 16.6. The minimum absolute atomic E-state index is 0.0158. The van der Waals surface area contributed by atoms with Crippen LogP contribution in [0.15, 0.2) is 24.5 Å². The number of fused-ring (bicyclic) bond motifs is 1. The summed E-state index contributed by atoms with van der Waals surface area (Å²) in [6.07, 6.45) is 2.93. The summed E-state index contributed by atoms with van der Waals surface area (Å²) >= 11 is 0. The van der Waals surface area contributed by atoms with Crippen molar-refractivity contribution >= 4 is 16.7 Å². The van der Waals surface area contributed by atoms with Crippen LogP contribution in [0.1, 0.15) is 13.8 Å². The Balaban J connectivity index is 0.000000461. The van der Waals surface area contributed by atoms with Crippen molar-refractivity contribution in [3.63, 3.8) is 0 Å². The van der Waals surface area contributed by atoms with E-state index in [0.29, 0.717) is 5.65 Å². The molecule has 0 fully saturated rings. The second-order valence-corrected chi connectivity index (χ2v) is 2.37. The van der Waals surface area contributed by atoms with Gasteiger partial charge in [-0.1, -0.05) is 13.8 Å². The summed E-state index contributed by atoms with van der Waals surface area (Å²) in [6, 6.07) is 3.23. The third-order valence-electron chi connectivity index (χ3n) is 1.60. The van der Waals surface area contributed by atoms with E-state index in [0.717, 1.165) is 5.39 Å². The molecule has 0 saturated carbocycles. The number of nitro groups is 1. The van der Waals surface area contributed by atoms with Crippen LogP contribution in [0.5, 0.6) is 0 Å². The number of hydrogen-bond donors (Lipinski definition) is 1. The number of nitrogens with zero attached hydrogens (tertiary/aromatic N) is 2. The van der Waals surface area contributed by atoms with Crippen LogP contribution in [0, 0.1) is 10.1 Å². The van der Waals surface area contributed by atoms with Gasteiger partial charge in [-0.05, 0) is 6.07 Å². The molecule has 0 aromatic carbocycles. The second-order valence-electron chi connectivity index (χ2n) is 2.37. The molecule has 74 valence electrons. The normalized spacial score (nSPS) is 9.29. The Morgan fingerprint density at radius 3 is 2.86 bits per heavy atom. The summed E-state index contributed by atoms with van der Waals surface area (Å²) in [4.78, 5) is 16.6. The topological polar surface area (TPSA) is 71.8 Å². The quantitative estimate of drug-likeness (QED) is 0.558. The van der Waals surface area contributed by atoms with Crippen LogP contribution in [0.4, 0.5) is 5.69 Å². The molecule has 2 aromatic rings. The van der Waals surface area contributed by atoms with Crippen LogP contribution in [0.2, 0.25) is 0 Å². The van der Waals surface area contributed by atoms with Crippen molar-refractivity contribution in [1.82, 2.24) is 9.97 Å². The van der Waals surface area contributed by atoms with Crippen molar-refractivity contribution in [3.8, 4) is 0 Å². The van der Waals surface area contributed by atoms with Crippen LogP contribution in [0.3, 0.4) is 0 Å². The van der Waals surface area contributed by atoms with E-state index in [1.807, 2.05) is 13.8 Å². The van der Waals surface area contributed by atoms with E-state index in [-0.39, 0.29) is 5.69 Å². The highest BCUT2D eigenvalue weighted by Gasteiger charge is 2.06. The molecule has 5 heteroatoms. The number of H-pyrrole nitrogens is 1. The molecule has 0 spiro atoms. The largest absolute Gasteiger partial charge is 0.346 e. The number of hydrogen-bond acceptors (Lipinski definition) is 3. The molecule has 5 nitrogen and oxygen atoms in total. The molecule has 0 aliphatic carbocycles. The Labute approximate surface area is 80.9 Å². The van der Waals surface area contributed by atoms with Crippen LogP contribution >= 0.6 is 0 Å². The van der Waals surface area contributed by atoms with E-state index in [1.165, 1.54) is 12.3 Å². The zero-order valence-electron chi connectivity index (χ0n) is 8.02. The molecule has 0 saturated heterocycles. The van der Waals surface area contributed by atoms with Gasteiger partial charge in [-0.2, -0.15) is 0 Å². The SMILES string of the molecule is CC.O=[N+]([O-])c1cnc2[nH]ccc2c1. The van der Waals surface area contributed by atoms with Gasteiger partial charge in [-0.15, -0.1) is 0 Å². The Kier molecular flexibility index (Phi) is 3.17. The summed E-state index contributed by atoms with van der Waals surface area (Å²) in [5.41, 5.74) is 0.683. The highest BCUT2D eigenvalue weighted by molar-refractivity contribution is 5.77. The molecular weight excluding hydrogens is 182 g/mol. The lowest BCUT2D eigenvalue weighted by Gasteiger charge is -1.89. The molecule has 0 unspecified atom stereocenters. The smallest absolute Gasteiger partial charge is 0.288 e. The Bertz CT molecular complexity index is 436. The Hall–Kier alpha value is -1.91. The fourth-order valence-corrected chi connectivity index (χ4v) is 1.03. The van der Waals surface area contributed by atoms with Crippen molar-refractivity contribution in [2.24, 2.45) is 0 Å². The Morgan fingerprint density at radius 1 is 1.50 bits per heavy atom. The van der Waals surface area contributed by atoms with Gasteiger partial charge in [0, 0.05) is 17.6 Å². The molecule has 0 amide bonds. The third kappa shape index (κ3) is 1.87. The van der Waals surface area contributed by atoms with E-state index in [9.17, 15) is 10.1 Å². The maximum atomic E-state index is 10.3. The van der Waals surface area contributed by atoms with Crippen LogP contribution in [0.25, 0.3) is 11.0 Å². The first kappa shape index (κ1) is 10.2. The van der Waals surface area contributed by atoms with Crippen LogP contribution < -0.4 is 0 Å².